The SMILES string of the molecule is Cc1noc(C)c1COc1ccc(CC(=O)Nc2ccc(S(=O)(=O)N3CCC[C@H](C)C3)cc2)cc1. The maximum Gasteiger partial charge on any atom is 0.243 e. The normalized spacial score (nSPS) is 16.7. The number of nitrogens with zero attached hydrogens (tertiary/aromatic N) is 2. The summed E-state index contributed by atoms with van der Waals surface area (Å²) in [6.45, 7) is 7.25. The fourth-order valence-corrected chi connectivity index (χ4v) is 5.78. The molecule has 186 valence electrons. The first kappa shape index (κ1) is 24.9. The van der Waals surface area contributed by atoms with Crippen LogP contribution in [0.4, 0.5) is 5.69 Å². The van der Waals surface area contributed by atoms with Gasteiger partial charge in [-0.25, -0.2) is 8.42 Å². The van der Waals surface area contributed by atoms with Crippen molar-refractivity contribution in [2.75, 3.05) is 18.4 Å². The molecule has 1 amide bonds. The molecule has 9 heteroatoms. The zero-order valence-corrected chi connectivity index (χ0v) is 21.1. The quantitative estimate of drug-likeness (QED) is 0.493. The molecule has 0 aliphatic carbocycles. The van der Waals surface area contributed by atoms with Crippen molar-refractivity contribution in [3.05, 3.63) is 71.1 Å². The molecule has 0 unspecified atom stereocenters. The molecule has 1 atom stereocenters. The van der Waals surface area contributed by atoms with Gasteiger partial charge in [0.05, 0.1) is 22.6 Å². The Morgan fingerprint density at radius 2 is 1.86 bits per heavy atom. The van der Waals surface area contributed by atoms with Gasteiger partial charge >= 0.3 is 0 Å². The third-order valence-electron chi connectivity index (χ3n) is 6.25. The Morgan fingerprint density at radius 3 is 2.49 bits per heavy atom. The number of hydrogen-bond acceptors (Lipinski definition) is 6. The van der Waals surface area contributed by atoms with E-state index in [1.165, 1.54) is 0 Å². The number of sulfonamides is 1. The summed E-state index contributed by atoms with van der Waals surface area (Å²) in [5, 5.41) is 6.75. The number of rotatable bonds is 8. The smallest absolute Gasteiger partial charge is 0.243 e. The lowest BCUT2D eigenvalue weighted by atomic mass is 10.0. The lowest BCUT2D eigenvalue weighted by Gasteiger charge is -2.30. The zero-order chi connectivity index (χ0) is 25.0. The summed E-state index contributed by atoms with van der Waals surface area (Å²) in [7, 11) is -3.52. The third-order valence-corrected chi connectivity index (χ3v) is 8.13. The first-order valence-corrected chi connectivity index (χ1v) is 13.2. The van der Waals surface area contributed by atoms with Gasteiger partial charge < -0.3 is 14.6 Å². The van der Waals surface area contributed by atoms with Crippen LogP contribution in [0.25, 0.3) is 0 Å². The van der Waals surface area contributed by atoms with Crippen LogP contribution in [0, 0.1) is 19.8 Å². The van der Waals surface area contributed by atoms with Crippen LogP contribution in [-0.4, -0.2) is 36.9 Å². The Morgan fingerprint density at radius 1 is 1.14 bits per heavy atom. The highest BCUT2D eigenvalue weighted by Crippen LogP contribution is 2.24. The molecular weight excluding hydrogens is 466 g/mol. The van der Waals surface area contributed by atoms with E-state index in [9.17, 15) is 13.2 Å². The van der Waals surface area contributed by atoms with Gasteiger partial charge in [0.15, 0.2) is 0 Å². The van der Waals surface area contributed by atoms with Gasteiger partial charge in [-0.1, -0.05) is 24.2 Å². The van der Waals surface area contributed by atoms with Crippen molar-refractivity contribution < 1.29 is 22.5 Å². The number of carbonyl (C=O) groups excluding carboxylic acids is 1. The van der Waals surface area contributed by atoms with Crippen LogP contribution in [0.1, 0.15) is 42.3 Å². The lowest BCUT2D eigenvalue weighted by Crippen LogP contribution is -2.39. The summed E-state index contributed by atoms with van der Waals surface area (Å²) in [4.78, 5) is 12.7. The number of benzene rings is 2. The molecule has 0 bridgehead atoms. The van der Waals surface area contributed by atoms with E-state index in [2.05, 4.69) is 17.4 Å². The molecular formula is C26H31N3O5S. The summed E-state index contributed by atoms with van der Waals surface area (Å²) in [5.74, 6) is 1.60. The second-order valence-corrected chi connectivity index (χ2v) is 11.0. The Labute approximate surface area is 206 Å². The van der Waals surface area contributed by atoms with Crippen molar-refractivity contribution in [2.45, 2.75) is 51.5 Å². The molecule has 8 nitrogen and oxygen atoms in total. The first-order valence-electron chi connectivity index (χ1n) is 11.8. The van der Waals surface area contributed by atoms with E-state index in [1.807, 2.05) is 38.1 Å². The Balaban J connectivity index is 1.30. The Kier molecular flexibility index (Phi) is 7.57. The van der Waals surface area contributed by atoms with Crippen molar-refractivity contribution in [3.63, 3.8) is 0 Å². The third kappa shape index (κ3) is 6.10. The van der Waals surface area contributed by atoms with E-state index in [0.29, 0.717) is 37.1 Å². The zero-order valence-electron chi connectivity index (χ0n) is 20.3. The number of anilines is 1. The summed E-state index contributed by atoms with van der Waals surface area (Å²) in [5.41, 5.74) is 3.13. The van der Waals surface area contributed by atoms with Crippen LogP contribution >= 0.6 is 0 Å². The van der Waals surface area contributed by atoms with E-state index in [1.54, 1.807) is 28.6 Å². The number of hydrogen-bond donors (Lipinski definition) is 1. The van der Waals surface area contributed by atoms with Gasteiger partial charge in [0.1, 0.15) is 18.1 Å². The van der Waals surface area contributed by atoms with Crippen molar-refractivity contribution in [2.24, 2.45) is 5.92 Å². The van der Waals surface area contributed by atoms with E-state index in [-0.39, 0.29) is 17.2 Å². The van der Waals surface area contributed by atoms with Gasteiger partial charge in [-0.3, -0.25) is 4.79 Å². The summed E-state index contributed by atoms with van der Waals surface area (Å²) < 4.78 is 38.3. The fourth-order valence-electron chi connectivity index (χ4n) is 4.18. The Hall–Kier alpha value is -3.17. The first-order chi connectivity index (χ1) is 16.7. The molecule has 1 N–H and O–H groups in total. The average molecular weight is 498 g/mol. The molecule has 35 heavy (non-hydrogen) atoms. The van der Waals surface area contributed by atoms with E-state index in [4.69, 9.17) is 9.26 Å². The molecule has 1 aliphatic heterocycles. The minimum atomic E-state index is -3.52. The van der Waals surface area contributed by atoms with Crippen molar-refractivity contribution in [1.29, 1.82) is 0 Å². The molecule has 0 saturated carbocycles. The van der Waals surface area contributed by atoms with E-state index in [0.717, 1.165) is 35.4 Å². The summed E-state index contributed by atoms with van der Waals surface area (Å²) in [6, 6.07) is 13.7. The van der Waals surface area contributed by atoms with Gasteiger partial charge in [0.2, 0.25) is 15.9 Å². The molecule has 2 heterocycles. The Bertz CT molecular complexity index is 1250. The highest BCUT2D eigenvalue weighted by Gasteiger charge is 2.28. The standard InChI is InChI=1S/C26H31N3O5S/c1-18-5-4-14-29(16-18)35(31,32)24-12-8-22(9-13-24)27-26(30)15-21-6-10-23(11-7-21)33-17-25-19(2)28-34-20(25)3/h6-13,18H,4-5,14-17H2,1-3H3,(H,27,30)/t18-/m0/s1. The maximum absolute atomic E-state index is 12.9. The molecule has 1 aliphatic rings. The number of aryl methyl sites for hydroxylation is 2. The predicted molar refractivity (Wildman–Crippen MR) is 133 cm³/mol. The van der Waals surface area contributed by atoms with Crippen molar-refractivity contribution >= 4 is 21.6 Å². The second-order valence-electron chi connectivity index (χ2n) is 9.10. The van der Waals surface area contributed by atoms with Crippen LogP contribution in [-0.2, 0) is 27.8 Å². The molecule has 1 aromatic heterocycles. The van der Waals surface area contributed by atoms with Gasteiger partial charge in [-0.2, -0.15) is 4.31 Å². The fraction of sp³-hybridized carbons (Fsp3) is 0.385. The van der Waals surface area contributed by atoms with Crippen LogP contribution in [0.3, 0.4) is 0 Å². The van der Waals surface area contributed by atoms with Crippen molar-refractivity contribution in [1.82, 2.24) is 9.46 Å². The number of carbonyl (C=O) groups is 1. The van der Waals surface area contributed by atoms with Crippen LogP contribution < -0.4 is 10.1 Å². The summed E-state index contributed by atoms with van der Waals surface area (Å²) in [6.07, 6.45) is 2.12. The minimum Gasteiger partial charge on any atom is -0.489 e. The molecule has 0 radical (unpaired) electrons. The van der Waals surface area contributed by atoms with Gasteiger partial charge in [-0.15, -0.1) is 0 Å². The number of aromatic nitrogens is 1. The minimum absolute atomic E-state index is 0.185. The number of nitrogens with one attached hydrogen (secondary N) is 1. The number of amides is 1. The van der Waals surface area contributed by atoms with Crippen LogP contribution in [0.2, 0.25) is 0 Å². The topological polar surface area (TPSA) is 102 Å². The van der Waals surface area contributed by atoms with Crippen LogP contribution in [0.15, 0.2) is 57.9 Å². The highest BCUT2D eigenvalue weighted by molar-refractivity contribution is 7.89. The molecule has 0 spiro atoms. The highest BCUT2D eigenvalue weighted by atomic mass is 32.2. The van der Waals surface area contributed by atoms with Crippen LogP contribution in [0.5, 0.6) is 5.75 Å². The number of ether oxygens (including phenoxy) is 1. The van der Waals surface area contributed by atoms with Crippen molar-refractivity contribution in [3.8, 4) is 5.75 Å². The average Bonchev–Trinajstić information content (AvgIpc) is 3.16. The second kappa shape index (κ2) is 10.6. The maximum atomic E-state index is 12.9. The monoisotopic (exact) mass is 497 g/mol. The predicted octanol–water partition coefficient (Wildman–Crippen LogP) is 4.47. The van der Waals surface area contributed by atoms with Gasteiger partial charge in [0.25, 0.3) is 0 Å². The molecule has 1 saturated heterocycles. The molecule has 2 aromatic carbocycles. The van der Waals surface area contributed by atoms with Gasteiger partial charge in [-0.05, 0) is 74.6 Å². The van der Waals surface area contributed by atoms with E-state index >= 15 is 0 Å². The summed E-state index contributed by atoms with van der Waals surface area (Å²) >= 11 is 0. The van der Waals surface area contributed by atoms with Gasteiger partial charge in [0, 0.05) is 18.8 Å². The molecule has 4 rings (SSSR count). The molecule has 3 aromatic rings. The van der Waals surface area contributed by atoms with E-state index < -0.39 is 10.0 Å². The lowest BCUT2D eigenvalue weighted by molar-refractivity contribution is -0.115. The largest absolute Gasteiger partial charge is 0.489 e. The number of piperidine rings is 1. The molecule has 1 fully saturated rings.